The van der Waals surface area contributed by atoms with Crippen molar-refractivity contribution in [2.45, 2.75) is 13.0 Å². The average molecular weight is 341 g/mol. The molecule has 0 radical (unpaired) electrons. The lowest BCUT2D eigenvalue weighted by Gasteiger charge is -2.17. The predicted molar refractivity (Wildman–Crippen MR) is 82.7 cm³/mol. The molecule has 5 heteroatoms. The molecule has 1 aromatic heterocycles. The number of aryl methyl sites for hydroxylation is 1. The summed E-state index contributed by atoms with van der Waals surface area (Å²) in [5, 5.41) is 6.67. The van der Waals surface area contributed by atoms with Gasteiger partial charge in [-0.05, 0) is 24.6 Å². The molecule has 0 saturated heterocycles. The number of nitrogens with zero attached hydrogens (tertiary/aromatic N) is 1. The Hall–Kier alpha value is -0.750. The quantitative estimate of drug-likeness (QED) is 0.816. The Labute approximate surface area is 126 Å². The monoisotopic (exact) mass is 340 g/mol. The Balaban J connectivity index is 2.20. The van der Waals surface area contributed by atoms with Crippen molar-refractivity contribution in [3.8, 4) is 0 Å². The van der Waals surface area contributed by atoms with E-state index in [4.69, 9.17) is 4.74 Å². The van der Waals surface area contributed by atoms with Crippen molar-refractivity contribution in [1.29, 1.82) is 0 Å². The van der Waals surface area contributed by atoms with Crippen molar-refractivity contribution in [3.05, 3.63) is 50.4 Å². The number of ether oxygens (including phenoxy) is 1. The average Bonchev–Trinajstić information content (AvgIpc) is 2.83. The summed E-state index contributed by atoms with van der Waals surface area (Å²) in [6.45, 7) is 3.51. The summed E-state index contributed by atoms with van der Waals surface area (Å²) >= 11 is 5.15. The molecule has 0 amide bonds. The molecule has 3 nitrogen and oxygen atoms in total. The number of aromatic nitrogens is 1. The minimum Gasteiger partial charge on any atom is -0.383 e. The van der Waals surface area contributed by atoms with Crippen LogP contribution >= 0.6 is 27.3 Å². The lowest BCUT2D eigenvalue weighted by atomic mass is 10.1. The van der Waals surface area contributed by atoms with Gasteiger partial charge in [0.25, 0.3) is 0 Å². The highest BCUT2D eigenvalue weighted by Gasteiger charge is 2.16. The van der Waals surface area contributed by atoms with Crippen LogP contribution in [0.4, 0.5) is 0 Å². The molecule has 0 spiro atoms. The number of nitrogens with one attached hydrogen (secondary N) is 1. The third kappa shape index (κ3) is 4.11. The standard InChI is InChI=1S/C14H17BrN2OS/c1-10-9-19-14(17-10)13(16-7-8-18-2)11-3-5-12(15)6-4-11/h3-6,9,13,16H,7-8H2,1-2H3. The molecule has 0 bridgehead atoms. The van der Waals surface area contributed by atoms with Crippen LogP contribution in [-0.2, 0) is 4.74 Å². The second-order valence-corrected chi connectivity index (χ2v) is 6.06. The molecule has 1 atom stereocenters. The van der Waals surface area contributed by atoms with Crippen LogP contribution in [0.2, 0.25) is 0 Å². The van der Waals surface area contributed by atoms with E-state index in [0.717, 1.165) is 21.7 Å². The van der Waals surface area contributed by atoms with Gasteiger partial charge in [-0.25, -0.2) is 4.98 Å². The maximum atomic E-state index is 5.10. The molecule has 2 rings (SSSR count). The molecule has 0 fully saturated rings. The van der Waals surface area contributed by atoms with E-state index in [0.29, 0.717) is 6.61 Å². The van der Waals surface area contributed by atoms with Gasteiger partial charge in [0.2, 0.25) is 0 Å². The van der Waals surface area contributed by atoms with Gasteiger partial charge in [-0.1, -0.05) is 28.1 Å². The predicted octanol–water partition coefficient (Wildman–Crippen LogP) is 3.54. The molecule has 0 aliphatic rings. The molecular formula is C14H17BrN2OS. The number of methoxy groups -OCH3 is 1. The summed E-state index contributed by atoms with van der Waals surface area (Å²) in [7, 11) is 1.71. The van der Waals surface area contributed by atoms with Crippen molar-refractivity contribution < 1.29 is 4.74 Å². The minimum absolute atomic E-state index is 0.127. The first-order valence-corrected chi connectivity index (χ1v) is 7.78. The van der Waals surface area contributed by atoms with Gasteiger partial charge in [0.05, 0.1) is 12.6 Å². The summed E-state index contributed by atoms with van der Waals surface area (Å²) in [6.07, 6.45) is 0. The molecule has 102 valence electrons. The molecule has 1 N–H and O–H groups in total. The van der Waals surface area contributed by atoms with Gasteiger partial charge < -0.3 is 10.1 Å². The van der Waals surface area contributed by atoms with Gasteiger partial charge in [-0.3, -0.25) is 0 Å². The van der Waals surface area contributed by atoms with Crippen molar-refractivity contribution in [3.63, 3.8) is 0 Å². The lowest BCUT2D eigenvalue weighted by molar-refractivity contribution is 0.197. The number of hydrogen-bond donors (Lipinski definition) is 1. The van der Waals surface area contributed by atoms with E-state index < -0.39 is 0 Å². The maximum absolute atomic E-state index is 5.10. The first-order chi connectivity index (χ1) is 9.20. The zero-order valence-corrected chi connectivity index (χ0v) is 13.4. The molecule has 1 aromatic carbocycles. The molecule has 1 unspecified atom stereocenters. The normalized spacial score (nSPS) is 12.6. The van der Waals surface area contributed by atoms with Crippen LogP contribution in [0.5, 0.6) is 0 Å². The maximum Gasteiger partial charge on any atom is 0.114 e. The number of hydrogen-bond acceptors (Lipinski definition) is 4. The molecule has 0 aliphatic carbocycles. The Morgan fingerprint density at radius 3 is 2.68 bits per heavy atom. The largest absolute Gasteiger partial charge is 0.383 e. The first kappa shape index (κ1) is 14.7. The second-order valence-electron chi connectivity index (χ2n) is 4.26. The van der Waals surface area contributed by atoms with E-state index in [2.05, 4.69) is 55.9 Å². The SMILES string of the molecule is COCCNC(c1ccc(Br)cc1)c1nc(C)cs1. The minimum atomic E-state index is 0.127. The van der Waals surface area contributed by atoms with E-state index >= 15 is 0 Å². The smallest absolute Gasteiger partial charge is 0.114 e. The van der Waals surface area contributed by atoms with Crippen LogP contribution < -0.4 is 5.32 Å². The van der Waals surface area contributed by atoms with E-state index in [1.807, 2.05) is 6.92 Å². The van der Waals surface area contributed by atoms with Crippen LogP contribution in [0, 0.1) is 6.92 Å². The third-order valence-corrected chi connectivity index (χ3v) is 4.30. The third-order valence-electron chi connectivity index (χ3n) is 2.74. The Morgan fingerprint density at radius 1 is 1.37 bits per heavy atom. The fourth-order valence-electron chi connectivity index (χ4n) is 1.81. The van der Waals surface area contributed by atoms with E-state index in [1.54, 1.807) is 18.4 Å². The van der Waals surface area contributed by atoms with Crippen LogP contribution in [-0.4, -0.2) is 25.2 Å². The van der Waals surface area contributed by atoms with Crippen LogP contribution in [0.15, 0.2) is 34.1 Å². The lowest BCUT2D eigenvalue weighted by Crippen LogP contribution is -2.25. The topological polar surface area (TPSA) is 34.1 Å². The molecule has 0 aliphatic heterocycles. The fraction of sp³-hybridized carbons (Fsp3) is 0.357. The Kier molecular flexibility index (Phi) is 5.51. The van der Waals surface area contributed by atoms with Gasteiger partial charge in [0.15, 0.2) is 0 Å². The van der Waals surface area contributed by atoms with Crippen molar-refractivity contribution in [2.75, 3.05) is 20.3 Å². The van der Waals surface area contributed by atoms with Crippen LogP contribution in [0.25, 0.3) is 0 Å². The van der Waals surface area contributed by atoms with Crippen LogP contribution in [0.1, 0.15) is 22.3 Å². The van der Waals surface area contributed by atoms with Crippen molar-refractivity contribution in [1.82, 2.24) is 10.3 Å². The molecular weight excluding hydrogens is 324 g/mol. The summed E-state index contributed by atoms with van der Waals surface area (Å²) in [5.41, 5.74) is 2.28. The number of benzene rings is 1. The number of halogens is 1. The summed E-state index contributed by atoms with van der Waals surface area (Å²) in [5.74, 6) is 0. The molecule has 1 heterocycles. The van der Waals surface area contributed by atoms with Crippen LogP contribution in [0.3, 0.4) is 0 Å². The molecule has 0 saturated carbocycles. The fourth-order valence-corrected chi connectivity index (χ4v) is 2.97. The summed E-state index contributed by atoms with van der Waals surface area (Å²) in [4.78, 5) is 4.59. The number of rotatable bonds is 6. The first-order valence-electron chi connectivity index (χ1n) is 6.10. The van der Waals surface area contributed by atoms with Crippen molar-refractivity contribution in [2.24, 2.45) is 0 Å². The van der Waals surface area contributed by atoms with E-state index in [1.165, 1.54) is 5.56 Å². The zero-order valence-electron chi connectivity index (χ0n) is 11.0. The summed E-state index contributed by atoms with van der Waals surface area (Å²) in [6, 6.07) is 8.47. The second kappa shape index (κ2) is 7.14. The highest BCUT2D eigenvalue weighted by Crippen LogP contribution is 2.26. The van der Waals surface area contributed by atoms with Crippen molar-refractivity contribution >= 4 is 27.3 Å². The number of thiazole rings is 1. The van der Waals surface area contributed by atoms with Gasteiger partial charge in [-0.15, -0.1) is 11.3 Å². The zero-order chi connectivity index (χ0) is 13.7. The molecule has 19 heavy (non-hydrogen) atoms. The van der Waals surface area contributed by atoms with E-state index in [-0.39, 0.29) is 6.04 Å². The van der Waals surface area contributed by atoms with Gasteiger partial charge in [0.1, 0.15) is 5.01 Å². The van der Waals surface area contributed by atoms with Gasteiger partial charge in [-0.2, -0.15) is 0 Å². The Bertz CT molecular complexity index is 512. The highest BCUT2D eigenvalue weighted by molar-refractivity contribution is 9.10. The Morgan fingerprint density at radius 2 is 2.11 bits per heavy atom. The highest BCUT2D eigenvalue weighted by atomic mass is 79.9. The van der Waals surface area contributed by atoms with Gasteiger partial charge >= 0.3 is 0 Å². The summed E-state index contributed by atoms with van der Waals surface area (Å²) < 4.78 is 6.19. The molecule has 2 aromatic rings. The van der Waals surface area contributed by atoms with E-state index in [9.17, 15) is 0 Å². The van der Waals surface area contributed by atoms with Gasteiger partial charge in [0, 0.05) is 29.2 Å².